The molecule has 54 valence electrons. The van der Waals surface area contributed by atoms with Crippen molar-refractivity contribution >= 4 is 7.14 Å². The van der Waals surface area contributed by atoms with Crippen molar-refractivity contribution in [1.82, 2.24) is 0 Å². The molecule has 0 atom stereocenters. The minimum Gasteiger partial charge on any atom is -0.324 e. The summed E-state index contributed by atoms with van der Waals surface area (Å²) in [5.41, 5.74) is 0. The van der Waals surface area contributed by atoms with Gasteiger partial charge in [-0.15, -0.1) is 0 Å². The molecule has 1 aliphatic rings. The summed E-state index contributed by atoms with van der Waals surface area (Å²) in [7, 11) is -1.63. The Morgan fingerprint density at radius 1 is 1.00 bits per heavy atom. The zero-order chi connectivity index (χ0) is 6.74. The van der Waals surface area contributed by atoms with E-state index in [2.05, 4.69) is 0 Å². The van der Waals surface area contributed by atoms with Crippen LogP contribution >= 0.6 is 7.14 Å². The van der Waals surface area contributed by atoms with Crippen molar-refractivity contribution in [1.29, 1.82) is 0 Å². The fraction of sp³-hybridized carbons (Fsp3) is 1.00. The van der Waals surface area contributed by atoms with Gasteiger partial charge in [0.15, 0.2) is 0 Å². The van der Waals surface area contributed by atoms with Crippen molar-refractivity contribution in [2.24, 2.45) is 0 Å². The average molecular weight is 146 g/mol. The average Bonchev–Trinajstić information content (AvgIpc) is 1.92. The van der Waals surface area contributed by atoms with Crippen LogP contribution in [-0.2, 0) is 4.57 Å². The van der Waals surface area contributed by atoms with Crippen LogP contribution in [0.3, 0.4) is 0 Å². The molecule has 0 amide bonds. The van der Waals surface area contributed by atoms with Crippen molar-refractivity contribution in [2.45, 2.75) is 25.7 Å². The van der Waals surface area contributed by atoms with E-state index in [1.54, 1.807) is 0 Å². The largest absolute Gasteiger partial charge is 0.324 e. The van der Waals surface area contributed by atoms with Crippen LogP contribution < -0.4 is 0 Å². The Kier molecular flexibility index (Phi) is 2.35. The van der Waals surface area contributed by atoms with Gasteiger partial charge in [0.2, 0.25) is 0 Å². The minimum atomic E-state index is -1.63. The van der Waals surface area contributed by atoms with Crippen LogP contribution in [0.2, 0.25) is 0 Å². The van der Waals surface area contributed by atoms with Gasteiger partial charge < -0.3 is 4.57 Å². The number of hydrogen-bond donors (Lipinski definition) is 0. The molecule has 0 aliphatic carbocycles. The Hall–Kier alpha value is 0.230. The third kappa shape index (κ3) is 2.53. The van der Waals surface area contributed by atoms with Gasteiger partial charge in [0.05, 0.1) is 7.14 Å². The predicted octanol–water partition coefficient (Wildman–Crippen LogP) is 2.55. The second-order valence-corrected chi connectivity index (χ2v) is 6.65. The summed E-state index contributed by atoms with van der Waals surface area (Å²) in [6.07, 6.45) is 7.03. The first-order valence-electron chi connectivity index (χ1n) is 3.76. The molecule has 1 fully saturated rings. The van der Waals surface area contributed by atoms with Crippen molar-refractivity contribution in [3.8, 4) is 0 Å². The SMILES string of the molecule is CP1(=O)CCCCCC1. The first-order chi connectivity index (χ1) is 4.21. The zero-order valence-corrected chi connectivity index (χ0v) is 6.99. The summed E-state index contributed by atoms with van der Waals surface area (Å²) in [6, 6.07) is 0. The molecule has 1 heterocycles. The molecule has 1 saturated heterocycles. The lowest BCUT2D eigenvalue weighted by Gasteiger charge is -2.06. The molecule has 0 spiro atoms. The van der Waals surface area contributed by atoms with Crippen LogP contribution in [-0.4, -0.2) is 19.0 Å². The van der Waals surface area contributed by atoms with Crippen LogP contribution in [0.25, 0.3) is 0 Å². The van der Waals surface area contributed by atoms with Crippen LogP contribution in [0.1, 0.15) is 25.7 Å². The lowest BCUT2D eigenvalue weighted by atomic mass is 10.2. The van der Waals surface area contributed by atoms with Gasteiger partial charge in [0, 0.05) is 12.3 Å². The summed E-state index contributed by atoms with van der Waals surface area (Å²) < 4.78 is 11.5. The smallest absolute Gasteiger partial charge is 0.0848 e. The third-order valence-corrected chi connectivity index (χ3v) is 4.54. The normalized spacial score (nSPS) is 27.2. The van der Waals surface area contributed by atoms with Crippen LogP contribution in [0, 0.1) is 0 Å². The van der Waals surface area contributed by atoms with Crippen molar-refractivity contribution < 1.29 is 4.57 Å². The van der Waals surface area contributed by atoms with Gasteiger partial charge in [0.25, 0.3) is 0 Å². The molecule has 0 bridgehead atoms. The molecule has 0 saturated carbocycles. The van der Waals surface area contributed by atoms with E-state index < -0.39 is 7.14 Å². The lowest BCUT2D eigenvalue weighted by molar-refractivity contribution is 0.578. The summed E-state index contributed by atoms with van der Waals surface area (Å²) in [4.78, 5) is 0. The molecule has 1 rings (SSSR count). The van der Waals surface area contributed by atoms with E-state index in [1.165, 1.54) is 25.7 Å². The first kappa shape index (κ1) is 7.34. The molecule has 0 aromatic rings. The molecule has 9 heavy (non-hydrogen) atoms. The van der Waals surface area contributed by atoms with Crippen molar-refractivity contribution in [2.75, 3.05) is 19.0 Å². The lowest BCUT2D eigenvalue weighted by Crippen LogP contribution is -1.87. The monoisotopic (exact) mass is 146 g/mol. The molecule has 0 aromatic carbocycles. The molecular formula is C7H15OP. The third-order valence-electron chi connectivity index (χ3n) is 2.01. The van der Waals surface area contributed by atoms with E-state index in [9.17, 15) is 4.57 Å². The maximum atomic E-state index is 11.5. The Bertz CT molecular complexity index is 119. The van der Waals surface area contributed by atoms with E-state index in [4.69, 9.17) is 0 Å². The summed E-state index contributed by atoms with van der Waals surface area (Å²) >= 11 is 0. The standard InChI is InChI=1S/C7H15OP/c1-9(8)6-4-2-3-5-7-9/h2-7H2,1H3. The molecular weight excluding hydrogens is 131 g/mol. The molecule has 2 heteroatoms. The van der Waals surface area contributed by atoms with Gasteiger partial charge in [0.1, 0.15) is 0 Å². The molecule has 0 aromatic heterocycles. The van der Waals surface area contributed by atoms with Crippen LogP contribution in [0.5, 0.6) is 0 Å². The van der Waals surface area contributed by atoms with Gasteiger partial charge in [-0.3, -0.25) is 0 Å². The maximum Gasteiger partial charge on any atom is 0.0848 e. The second-order valence-electron chi connectivity index (χ2n) is 3.16. The van der Waals surface area contributed by atoms with Crippen LogP contribution in [0.4, 0.5) is 0 Å². The highest BCUT2D eigenvalue weighted by molar-refractivity contribution is 7.63. The highest BCUT2D eigenvalue weighted by Crippen LogP contribution is 2.44. The fourth-order valence-electron chi connectivity index (χ4n) is 1.36. The van der Waals surface area contributed by atoms with E-state index in [-0.39, 0.29) is 0 Å². The first-order valence-corrected chi connectivity index (χ1v) is 6.29. The van der Waals surface area contributed by atoms with E-state index >= 15 is 0 Å². The van der Waals surface area contributed by atoms with Gasteiger partial charge in [-0.05, 0) is 19.5 Å². The van der Waals surface area contributed by atoms with Gasteiger partial charge in [-0.2, -0.15) is 0 Å². The fourth-order valence-corrected chi connectivity index (χ4v) is 3.37. The Morgan fingerprint density at radius 2 is 1.44 bits per heavy atom. The summed E-state index contributed by atoms with van der Waals surface area (Å²) in [5.74, 6) is 0. The molecule has 0 radical (unpaired) electrons. The Morgan fingerprint density at radius 3 is 1.89 bits per heavy atom. The van der Waals surface area contributed by atoms with Gasteiger partial charge in [-0.25, -0.2) is 0 Å². The quantitative estimate of drug-likeness (QED) is 0.480. The number of rotatable bonds is 0. The molecule has 1 aliphatic heterocycles. The maximum absolute atomic E-state index is 11.5. The summed E-state index contributed by atoms with van der Waals surface area (Å²) in [6.45, 7) is 1.96. The van der Waals surface area contributed by atoms with Gasteiger partial charge in [-0.1, -0.05) is 12.8 Å². The number of hydrogen-bond acceptors (Lipinski definition) is 1. The van der Waals surface area contributed by atoms with Gasteiger partial charge >= 0.3 is 0 Å². The van der Waals surface area contributed by atoms with E-state index in [1.807, 2.05) is 6.66 Å². The van der Waals surface area contributed by atoms with Crippen molar-refractivity contribution in [3.05, 3.63) is 0 Å². The van der Waals surface area contributed by atoms with Crippen LogP contribution in [0.15, 0.2) is 0 Å². The van der Waals surface area contributed by atoms with E-state index in [0.717, 1.165) is 12.3 Å². The Balaban J connectivity index is 2.45. The second kappa shape index (κ2) is 2.88. The zero-order valence-electron chi connectivity index (χ0n) is 6.10. The molecule has 1 nitrogen and oxygen atoms in total. The minimum absolute atomic E-state index is 1.01. The molecule has 0 N–H and O–H groups in total. The highest BCUT2D eigenvalue weighted by atomic mass is 31.2. The molecule has 0 unspecified atom stereocenters. The van der Waals surface area contributed by atoms with Crippen molar-refractivity contribution in [3.63, 3.8) is 0 Å². The summed E-state index contributed by atoms with van der Waals surface area (Å²) in [5, 5.41) is 0. The topological polar surface area (TPSA) is 17.1 Å². The highest BCUT2D eigenvalue weighted by Gasteiger charge is 2.16. The predicted molar refractivity (Wildman–Crippen MR) is 41.7 cm³/mol. The van der Waals surface area contributed by atoms with E-state index in [0.29, 0.717) is 0 Å². The Labute approximate surface area is 57.2 Å².